The second kappa shape index (κ2) is 3.97. The molecule has 91 valence electrons. The van der Waals surface area contributed by atoms with Crippen molar-refractivity contribution < 1.29 is 0 Å². The van der Waals surface area contributed by atoms with Crippen LogP contribution in [-0.2, 0) is 0 Å². The number of piperidine rings is 1. The van der Waals surface area contributed by atoms with E-state index in [2.05, 4.69) is 6.92 Å². The smallest absolute Gasteiger partial charge is 0.0131 e. The maximum Gasteiger partial charge on any atom is 0.0131 e. The largest absolute Gasteiger partial charge is 0.301 e. The molecule has 2 N–H and O–H groups in total. The maximum atomic E-state index is 5.94. The van der Waals surface area contributed by atoms with Gasteiger partial charge in [-0.25, -0.2) is 0 Å². The molecule has 1 aliphatic heterocycles. The maximum absolute atomic E-state index is 5.94. The summed E-state index contributed by atoms with van der Waals surface area (Å²) in [5.74, 6) is 7.52. The van der Waals surface area contributed by atoms with E-state index in [1.54, 1.807) is 5.92 Å². The Labute approximate surface area is 81.4 Å². The average Bonchev–Trinajstić information content (AvgIpc) is 2.02. The summed E-state index contributed by atoms with van der Waals surface area (Å²) in [5, 5.41) is 2.02. The van der Waals surface area contributed by atoms with Crippen LogP contribution in [0.15, 0.2) is 0 Å². The average molecular weight is 443 g/mol. The molecule has 1 saturated carbocycles. The Kier molecular flexibility index (Phi) is 3.12. The first kappa shape index (κ1) is 11.0. The van der Waals surface area contributed by atoms with Gasteiger partial charge in [-0.15, -0.1) is 6.54 Å². The number of rotatable bonds is 0. The van der Waals surface area contributed by atoms with Crippen molar-refractivity contribution in [3.8, 4) is 0 Å². The molecule has 2 nitrogen and oxygen atoms in total. The summed E-state index contributed by atoms with van der Waals surface area (Å²) in [5.41, 5.74) is 0.565. The molecule has 2 aliphatic rings. The van der Waals surface area contributed by atoms with Crippen LogP contribution in [0.3, 0.4) is 0 Å². The van der Waals surface area contributed by atoms with Crippen LogP contribution < -0.4 is 5.84 Å². The van der Waals surface area contributed by atoms with Crippen molar-refractivity contribution in [2.75, 3.05) is 13.1 Å². The third-order valence-electron chi connectivity index (χ3n) is 3.60. The fraction of sp³-hybridized carbons (Fsp3) is 0.909. The van der Waals surface area contributed by atoms with Crippen LogP contribution in [0.5, 0.6) is 0 Å². The van der Waals surface area contributed by atoms with Gasteiger partial charge in [-0.2, -0.15) is 13.3 Å². The SMILES string of the molecule is C[C-]1CN(N)CC2(CCCCC2)C1.[Lr]. The van der Waals surface area contributed by atoms with Crippen molar-refractivity contribution in [2.24, 2.45) is 11.3 Å². The predicted octanol–water partition coefficient (Wildman–Crippen LogP) is 2.11. The molecule has 1 heterocycles. The summed E-state index contributed by atoms with van der Waals surface area (Å²) in [6.45, 7) is 4.40. The van der Waals surface area contributed by atoms with E-state index in [9.17, 15) is 0 Å². The van der Waals surface area contributed by atoms with Crippen molar-refractivity contribution >= 4 is 0 Å². The van der Waals surface area contributed by atoms with E-state index in [4.69, 9.17) is 5.84 Å². The van der Waals surface area contributed by atoms with E-state index in [1.165, 1.54) is 38.5 Å². The van der Waals surface area contributed by atoms with Gasteiger partial charge >= 0.3 is 0 Å². The third kappa shape index (κ3) is 2.05. The van der Waals surface area contributed by atoms with Gasteiger partial charge in [0.2, 0.25) is 0 Å². The second-order valence-electron chi connectivity index (χ2n) is 5.10. The summed E-state index contributed by atoms with van der Waals surface area (Å²) in [6, 6.07) is 0. The zero-order chi connectivity index (χ0) is 9.31. The molecule has 1 spiro atoms. The molecule has 0 amide bonds. The van der Waals surface area contributed by atoms with E-state index in [0.29, 0.717) is 5.41 Å². The normalized spacial score (nSPS) is 28.7. The Morgan fingerprint density at radius 1 is 1.21 bits per heavy atom. The van der Waals surface area contributed by atoms with Gasteiger partial charge < -0.3 is 5.92 Å². The molecule has 1 radical (unpaired) electrons. The molecule has 2 rings (SSSR count). The van der Waals surface area contributed by atoms with E-state index in [-0.39, 0.29) is 0 Å². The van der Waals surface area contributed by atoms with E-state index >= 15 is 0 Å². The first-order valence-electron chi connectivity index (χ1n) is 5.51. The summed E-state index contributed by atoms with van der Waals surface area (Å²) < 4.78 is 0. The standard InChI is InChI=1S/C11H21N2.Lr/c1-10-7-11(9-13(12)8-10)5-3-2-4-6-11;/h2-9,12H2,1H3;/q-1;. The first-order chi connectivity index (χ1) is 6.20. The van der Waals surface area contributed by atoms with Gasteiger partial charge in [0.25, 0.3) is 0 Å². The number of nitrogens with zero attached hydrogens (tertiary/aromatic N) is 1. The van der Waals surface area contributed by atoms with Crippen LogP contribution in [-0.4, -0.2) is 18.1 Å². The molecule has 3 heteroatoms. The van der Waals surface area contributed by atoms with Crippen molar-refractivity contribution in [3.05, 3.63) is 5.92 Å². The number of hydrogen-bond acceptors (Lipinski definition) is 2. The van der Waals surface area contributed by atoms with E-state index in [0.717, 1.165) is 13.1 Å². The quantitative estimate of drug-likeness (QED) is 0.459. The van der Waals surface area contributed by atoms with Gasteiger partial charge in [-0.05, 0) is 18.3 Å². The zero-order valence-corrected chi connectivity index (χ0v) is 11.1. The number of hydrazine groups is 1. The topological polar surface area (TPSA) is 29.3 Å². The van der Waals surface area contributed by atoms with Crippen molar-refractivity contribution in [1.82, 2.24) is 5.01 Å². The van der Waals surface area contributed by atoms with Crippen LogP contribution in [0.2, 0.25) is 0 Å². The van der Waals surface area contributed by atoms with E-state index in [1.807, 2.05) is 5.01 Å². The molecular formula is C11H21LrN2-. The summed E-state index contributed by atoms with van der Waals surface area (Å²) >= 11 is 0. The minimum absolute atomic E-state index is 0. The van der Waals surface area contributed by atoms with Crippen molar-refractivity contribution in [1.29, 1.82) is 0 Å². The molecule has 1 saturated heterocycles. The van der Waals surface area contributed by atoms with Crippen LogP contribution in [0, 0.1) is 11.3 Å². The molecule has 0 unspecified atom stereocenters. The van der Waals surface area contributed by atoms with Gasteiger partial charge in [0.05, 0.1) is 0 Å². The van der Waals surface area contributed by atoms with Crippen LogP contribution in [0.25, 0.3) is 0 Å². The molecule has 2 fully saturated rings. The molecule has 0 aromatic rings. The van der Waals surface area contributed by atoms with Gasteiger partial charge in [-0.1, -0.05) is 19.3 Å². The fourth-order valence-electron chi connectivity index (χ4n) is 3.22. The van der Waals surface area contributed by atoms with Gasteiger partial charge in [0, 0.05) is 6.54 Å². The van der Waals surface area contributed by atoms with Gasteiger partial charge in [-0.3, -0.25) is 10.9 Å². The second-order valence-corrected chi connectivity index (χ2v) is 5.10. The Hall–Kier alpha value is -1.08. The molecular weight excluding hydrogens is 422 g/mol. The number of nitrogens with two attached hydrogens (primary N) is 1. The fourth-order valence-corrected chi connectivity index (χ4v) is 3.22. The van der Waals surface area contributed by atoms with Crippen LogP contribution in [0.4, 0.5) is 0 Å². The minimum atomic E-state index is 0. The van der Waals surface area contributed by atoms with Gasteiger partial charge in [0.15, 0.2) is 0 Å². The van der Waals surface area contributed by atoms with E-state index < -0.39 is 0 Å². The molecule has 1 aliphatic carbocycles. The zero-order valence-electron chi connectivity index (χ0n) is 8.94. The minimum Gasteiger partial charge on any atom is -0.301 e. The number of hydrogen-bond donors (Lipinski definition) is 1. The monoisotopic (exact) mass is 443 g/mol. The molecule has 14 heavy (non-hydrogen) atoms. The van der Waals surface area contributed by atoms with Crippen LogP contribution in [0.1, 0.15) is 45.4 Å². The predicted molar refractivity (Wildman–Crippen MR) is 54.8 cm³/mol. The van der Waals surface area contributed by atoms with Crippen molar-refractivity contribution in [3.63, 3.8) is 0 Å². The summed E-state index contributed by atoms with van der Waals surface area (Å²) in [4.78, 5) is 0. The first-order valence-corrected chi connectivity index (χ1v) is 5.51. The van der Waals surface area contributed by atoms with Crippen molar-refractivity contribution in [2.45, 2.75) is 45.4 Å². The Morgan fingerprint density at radius 3 is 2.43 bits per heavy atom. The summed E-state index contributed by atoms with van der Waals surface area (Å²) in [6.07, 6.45) is 8.41. The molecule has 0 atom stereocenters. The van der Waals surface area contributed by atoms with Crippen LogP contribution >= 0.6 is 0 Å². The molecule has 0 bridgehead atoms. The third-order valence-corrected chi connectivity index (χ3v) is 3.60. The Bertz CT molecular complexity index is 166. The Balaban J connectivity index is 0.000000980. The molecule has 0 aromatic carbocycles. The van der Waals surface area contributed by atoms with Gasteiger partial charge in [0.1, 0.15) is 0 Å². The molecule has 0 aromatic heterocycles. The Morgan fingerprint density at radius 2 is 1.86 bits per heavy atom. The summed E-state index contributed by atoms with van der Waals surface area (Å²) in [7, 11) is 0.